The lowest BCUT2D eigenvalue weighted by Crippen LogP contribution is -2.58. The summed E-state index contributed by atoms with van der Waals surface area (Å²) in [5.74, 6) is 0.114. The third kappa shape index (κ3) is 2.65. The van der Waals surface area contributed by atoms with Crippen molar-refractivity contribution in [2.45, 2.75) is 25.8 Å². The van der Waals surface area contributed by atoms with Crippen LogP contribution in [0.15, 0.2) is 35.7 Å². The average Bonchev–Trinajstić information content (AvgIpc) is 3.20. The van der Waals surface area contributed by atoms with Gasteiger partial charge in [0.25, 0.3) is 0 Å². The van der Waals surface area contributed by atoms with Crippen molar-refractivity contribution in [1.82, 2.24) is 10.2 Å². The van der Waals surface area contributed by atoms with E-state index in [0.29, 0.717) is 6.42 Å². The molecule has 6 heteroatoms. The summed E-state index contributed by atoms with van der Waals surface area (Å²) in [6, 6.07) is 10.8. The van der Waals surface area contributed by atoms with Gasteiger partial charge in [0.05, 0.1) is 12.0 Å². The summed E-state index contributed by atoms with van der Waals surface area (Å²) in [6.07, 6.45) is 0.338. The van der Waals surface area contributed by atoms with Gasteiger partial charge in [0.15, 0.2) is 5.96 Å². The Labute approximate surface area is 154 Å². The lowest BCUT2D eigenvalue weighted by molar-refractivity contribution is -0.129. The summed E-state index contributed by atoms with van der Waals surface area (Å²) in [5.41, 5.74) is 1.69. The lowest BCUT2D eigenvalue weighted by Gasteiger charge is -2.39. The van der Waals surface area contributed by atoms with Crippen molar-refractivity contribution in [1.29, 1.82) is 5.41 Å². The van der Waals surface area contributed by atoms with Gasteiger partial charge in [-0.3, -0.25) is 15.1 Å². The number of nitrogens with zero attached hydrogens (tertiary/aromatic N) is 1. The zero-order valence-corrected chi connectivity index (χ0v) is 16.0. The van der Waals surface area contributed by atoms with Crippen molar-refractivity contribution < 1.29 is 4.79 Å². The van der Waals surface area contributed by atoms with Gasteiger partial charge >= 0.3 is 0 Å². The Morgan fingerprint density at radius 3 is 2.76 bits per heavy atom. The summed E-state index contributed by atoms with van der Waals surface area (Å²) in [4.78, 5) is 16.2. The molecular weight excluding hydrogens is 350 g/mol. The molecule has 0 unspecified atom stereocenters. The van der Waals surface area contributed by atoms with E-state index in [-0.39, 0.29) is 11.9 Å². The Hall–Kier alpha value is -2.18. The number of thiophene rings is 2. The Bertz CT molecular complexity index is 983. The number of carbonyl (C=O) groups excluding carboxylic acids is 1. The Morgan fingerprint density at radius 2 is 2.08 bits per heavy atom. The molecule has 1 aliphatic heterocycles. The van der Waals surface area contributed by atoms with E-state index >= 15 is 0 Å². The van der Waals surface area contributed by atoms with Crippen LogP contribution in [-0.4, -0.2) is 23.8 Å². The largest absolute Gasteiger partial charge is 0.346 e. The molecule has 128 valence electrons. The van der Waals surface area contributed by atoms with Gasteiger partial charge in [-0.1, -0.05) is 0 Å². The van der Waals surface area contributed by atoms with Crippen LogP contribution in [0.25, 0.3) is 20.5 Å². The normalized spacial score (nSPS) is 21.0. The second kappa shape index (κ2) is 5.68. The average molecular weight is 370 g/mol. The molecule has 0 spiro atoms. The molecule has 4 nitrogen and oxygen atoms in total. The molecule has 0 radical (unpaired) electrons. The monoisotopic (exact) mass is 369 g/mol. The maximum atomic E-state index is 12.3. The Kier molecular flexibility index (Phi) is 3.70. The lowest BCUT2D eigenvalue weighted by atomic mass is 9.85. The molecule has 0 bridgehead atoms. The SMILES string of the molecule is Cc1ccc(-c2cc([C@]3(C)CC(=O)N(C)C(=N)N3)cc3ccsc23)s1. The summed E-state index contributed by atoms with van der Waals surface area (Å²) in [5, 5.41) is 14.6. The van der Waals surface area contributed by atoms with Crippen LogP contribution in [0.4, 0.5) is 0 Å². The maximum absolute atomic E-state index is 12.3. The third-order valence-electron chi connectivity index (χ3n) is 4.80. The highest BCUT2D eigenvalue weighted by atomic mass is 32.1. The van der Waals surface area contributed by atoms with E-state index < -0.39 is 5.54 Å². The topological polar surface area (TPSA) is 56.2 Å². The molecule has 2 N–H and O–H groups in total. The van der Waals surface area contributed by atoms with E-state index in [2.05, 4.69) is 48.0 Å². The fourth-order valence-corrected chi connectivity index (χ4v) is 5.14. The minimum absolute atomic E-state index is 0.0369. The fourth-order valence-electron chi connectivity index (χ4n) is 3.27. The van der Waals surface area contributed by atoms with Crippen LogP contribution in [0.5, 0.6) is 0 Å². The van der Waals surface area contributed by atoms with Crippen molar-refractivity contribution in [3.63, 3.8) is 0 Å². The van der Waals surface area contributed by atoms with E-state index in [1.807, 2.05) is 6.92 Å². The zero-order valence-electron chi connectivity index (χ0n) is 14.3. The number of amides is 1. The number of fused-ring (bicyclic) bond motifs is 1. The van der Waals surface area contributed by atoms with Crippen molar-refractivity contribution in [3.8, 4) is 10.4 Å². The Balaban J connectivity index is 1.88. The number of aryl methyl sites for hydroxylation is 1. The van der Waals surface area contributed by atoms with Gasteiger partial charge < -0.3 is 5.32 Å². The molecule has 1 atom stereocenters. The van der Waals surface area contributed by atoms with Gasteiger partial charge in [0.1, 0.15) is 0 Å². The van der Waals surface area contributed by atoms with E-state index in [9.17, 15) is 4.79 Å². The molecule has 1 fully saturated rings. The highest BCUT2D eigenvalue weighted by Crippen LogP contribution is 2.40. The number of carbonyl (C=O) groups is 1. The molecule has 1 aromatic carbocycles. The third-order valence-corrected chi connectivity index (χ3v) is 6.80. The summed E-state index contributed by atoms with van der Waals surface area (Å²) >= 11 is 3.53. The zero-order chi connectivity index (χ0) is 17.8. The minimum Gasteiger partial charge on any atom is -0.346 e. The van der Waals surface area contributed by atoms with Crippen molar-refractivity contribution in [3.05, 3.63) is 46.2 Å². The molecule has 2 aromatic heterocycles. The molecule has 1 aliphatic rings. The number of nitrogens with one attached hydrogen (secondary N) is 2. The Morgan fingerprint density at radius 1 is 1.28 bits per heavy atom. The highest BCUT2D eigenvalue weighted by molar-refractivity contribution is 7.19. The van der Waals surface area contributed by atoms with Crippen LogP contribution in [-0.2, 0) is 10.3 Å². The molecule has 25 heavy (non-hydrogen) atoms. The summed E-state index contributed by atoms with van der Waals surface area (Å²) in [7, 11) is 1.64. The van der Waals surface area contributed by atoms with Gasteiger partial charge in [-0.15, -0.1) is 22.7 Å². The van der Waals surface area contributed by atoms with Crippen molar-refractivity contribution >= 4 is 44.6 Å². The molecule has 0 aliphatic carbocycles. The molecule has 4 rings (SSSR count). The first-order valence-corrected chi connectivity index (χ1v) is 9.79. The van der Waals surface area contributed by atoms with Crippen LogP contribution < -0.4 is 5.32 Å². The summed E-state index contributed by atoms with van der Waals surface area (Å²) < 4.78 is 1.27. The van der Waals surface area contributed by atoms with E-state index in [1.54, 1.807) is 29.7 Å². The second-order valence-corrected chi connectivity index (χ2v) is 8.91. The summed E-state index contributed by atoms with van der Waals surface area (Å²) in [6.45, 7) is 4.12. The quantitative estimate of drug-likeness (QED) is 0.697. The van der Waals surface area contributed by atoms with Crippen LogP contribution >= 0.6 is 22.7 Å². The predicted octanol–water partition coefficient (Wildman–Crippen LogP) is 4.54. The van der Waals surface area contributed by atoms with E-state index in [0.717, 1.165) is 5.56 Å². The first-order chi connectivity index (χ1) is 11.9. The standard InChI is InChI=1S/C19H19N3OS2/c1-11-4-5-15(25-11)14-9-13(8-12-6-7-24-17(12)14)19(2)10-16(23)22(3)18(20)21-19/h4-9H,10H2,1-3H3,(H2,20,21)/t19-/m0/s1. The molecule has 3 heterocycles. The van der Waals surface area contributed by atoms with Crippen LogP contribution in [0.1, 0.15) is 23.8 Å². The number of hydrogen-bond acceptors (Lipinski definition) is 4. The molecule has 1 amide bonds. The van der Waals surface area contributed by atoms with Crippen LogP contribution in [0.2, 0.25) is 0 Å². The van der Waals surface area contributed by atoms with Crippen LogP contribution in [0, 0.1) is 12.3 Å². The highest BCUT2D eigenvalue weighted by Gasteiger charge is 2.38. The second-order valence-electron chi connectivity index (χ2n) is 6.71. The maximum Gasteiger partial charge on any atom is 0.231 e. The number of guanidine groups is 1. The molecule has 1 saturated heterocycles. The molecular formula is C19H19N3OS2. The fraction of sp³-hybridized carbons (Fsp3) is 0.263. The van der Waals surface area contributed by atoms with Gasteiger partial charge in [-0.05, 0) is 60.5 Å². The number of hydrogen-bond donors (Lipinski definition) is 2. The first kappa shape index (κ1) is 16.3. The van der Waals surface area contributed by atoms with Gasteiger partial charge in [-0.25, -0.2) is 0 Å². The molecule has 3 aromatic rings. The van der Waals surface area contributed by atoms with E-state index in [4.69, 9.17) is 5.41 Å². The van der Waals surface area contributed by atoms with E-state index in [1.165, 1.54) is 30.3 Å². The van der Waals surface area contributed by atoms with Gasteiger partial charge in [0, 0.05) is 27.1 Å². The molecule has 0 saturated carbocycles. The minimum atomic E-state index is -0.572. The first-order valence-electron chi connectivity index (χ1n) is 8.09. The van der Waals surface area contributed by atoms with Gasteiger partial charge in [0.2, 0.25) is 5.91 Å². The number of benzene rings is 1. The van der Waals surface area contributed by atoms with Crippen molar-refractivity contribution in [2.24, 2.45) is 0 Å². The number of rotatable bonds is 2. The predicted molar refractivity (Wildman–Crippen MR) is 105 cm³/mol. The van der Waals surface area contributed by atoms with Crippen LogP contribution in [0.3, 0.4) is 0 Å². The van der Waals surface area contributed by atoms with Gasteiger partial charge in [-0.2, -0.15) is 0 Å². The smallest absolute Gasteiger partial charge is 0.231 e. The van der Waals surface area contributed by atoms with Crippen molar-refractivity contribution in [2.75, 3.05) is 7.05 Å².